The summed E-state index contributed by atoms with van der Waals surface area (Å²) in [6, 6.07) is 0. The number of hydrogen-bond acceptors (Lipinski definition) is 2. The standard InChI is InChI=1S/C12H25O3PS/c1-2-3-4-5-6-7-8-9-10-11-12-15-16(13,14)17/h3-4H,2,5-12H2,1H3,(H2,13,14,17)/b4-3-. The van der Waals surface area contributed by atoms with Gasteiger partial charge in [0.25, 0.3) is 0 Å². The maximum Gasteiger partial charge on any atom is 0.321 e. The minimum Gasteiger partial charge on any atom is -0.325 e. The summed E-state index contributed by atoms with van der Waals surface area (Å²) >= 11 is 4.35. The van der Waals surface area contributed by atoms with E-state index in [9.17, 15) is 0 Å². The predicted octanol–water partition coefficient (Wildman–Crippen LogP) is 3.91. The second-order valence-electron chi connectivity index (χ2n) is 4.11. The lowest BCUT2D eigenvalue weighted by molar-refractivity contribution is 0.245. The zero-order valence-corrected chi connectivity index (χ0v) is 12.4. The molecule has 0 unspecified atom stereocenters. The molecule has 0 saturated heterocycles. The quantitative estimate of drug-likeness (QED) is 0.342. The monoisotopic (exact) mass is 280 g/mol. The molecule has 5 heteroatoms. The molecule has 0 aliphatic rings. The Labute approximate surface area is 110 Å². The largest absolute Gasteiger partial charge is 0.325 e. The Balaban J connectivity index is 3.09. The number of hydrogen-bond donors (Lipinski definition) is 2. The van der Waals surface area contributed by atoms with Crippen molar-refractivity contribution >= 4 is 18.5 Å². The maximum absolute atomic E-state index is 8.81. The summed E-state index contributed by atoms with van der Waals surface area (Å²) in [5.41, 5.74) is 0. The van der Waals surface area contributed by atoms with Gasteiger partial charge in [-0.15, -0.1) is 0 Å². The first kappa shape index (κ1) is 17.3. The van der Waals surface area contributed by atoms with Gasteiger partial charge in [-0.3, -0.25) is 0 Å². The molecule has 0 radical (unpaired) electrons. The van der Waals surface area contributed by atoms with Gasteiger partial charge in [0.15, 0.2) is 0 Å². The molecule has 0 saturated carbocycles. The molecule has 2 N–H and O–H groups in total. The van der Waals surface area contributed by atoms with Crippen LogP contribution in [0.4, 0.5) is 0 Å². The fourth-order valence-corrected chi connectivity index (χ4v) is 2.13. The van der Waals surface area contributed by atoms with Gasteiger partial charge in [-0.1, -0.05) is 44.8 Å². The van der Waals surface area contributed by atoms with E-state index < -0.39 is 6.72 Å². The van der Waals surface area contributed by atoms with Crippen LogP contribution in [-0.4, -0.2) is 16.4 Å². The van der Waals surface area contributed by atoms with Gasteiger partial charge in [0, 0.05) is 0 Å². The molecule has 17 heavy (non-hydrogen) atoms. The molecule has 0 heterocycles. The third kappa shape index (κ3) is 16.3. The Hall–Kier alpha value is 0.270. The van der Waals surface area contributed by atoms with E-state index >= 15 is 0 Å². The molecule has 0 rings (SSSR count). The summed E-state index contributed by atoms with van der Waals surface area (Å²) in [6.45, 7) is -0.903. The van der Waals surface area contributed by atoms with Crippen molar-refractivity contribution < 1.29 is 14.3 Å². The van der Waals surface area contributed by atoms with Crippen molar-refractivity contribution in [3.05, 3.63) is 12.2 Å². The van der Waals surface area contributed by atoms with Gasteiger partial charge < -0.3 is 14.3 Å². The minimum atomic E-state index is -3.42. The fraction of sp³-hybridized carbons (Fsp3) is 0.833. The molecule has 102 valence electrons. The third-order valence-corrected chi connectivity index (χ3v) is 3.26. The van der Waals surface area contributed by atoms with Crippen molar-refractivity contribution in [2.45, 2.75) is 58.3 Å². The van der Waals surface area contributed by atoms with Crippen molar-refractivity contribution in [1.82, 2.24) is 0 Å². The summed E-state index contributed by atoms with van der Waals surface area (Å²) in [5, 5.41) is 0. The first-order valence-electron chi connectivity index (χ1n) is 6.41. The molecular weight excluding hydrogens is 255 g/mol. The summed E-state index contributed by atoms with van der Waals surface area (Å²) in [7, 11) is 0. The van der Waals surface area contributed by atoms with Crippen LogP contribution in [0.3, 0.4) is 0 Å². The van der Waals surface area contributed by atoms with E-state index in [-0.39, 0.29) is 0 Å². The van der Waals surface area contributed by atoms with E-state index in [0.29, 0.717) is 6.61 Å². The number of rotatable bonds is 11. The van der Waals surface area contributed by atoms with E-state index in [4.69, 9.17) is 14.3 Å². The molecule has 0 bridgehead atoms. The lowest BCUT2D eigenvalue weighted by Gasteiger charge is -2.07. The van der Waals surface area contributed by atoms with E-state index in [0.717, 1.165) is 19.3 Å². The molecule has 0 aliphatic heterocycles. The molecule has 0 spiro atoms. The van der Waals surface area contributed by atoms with E-state index in [2.05, 4.69) is 30.9 Å². The third-order valence-electron chi connectivity index (χ3n) is 2.43. The zero-order valence-electron chi connectivity index (χ0n) is 10.7. The molecule has 0 aliphatic carbocycles. The van der Waals surface area contributed by atoms with Crippen molar-refractivity contribution in [3.8, 4) is 0 Å². The maximum atomic E-state index is 8.81. The van der Waals surface area contributed by atoms with Crippen molar-refractivity contribution in [1.29, 1.82) is 0 Å². The Bertz CT molecular complexity index is 238. The van der Waals surface area contributed by atoms with Gasteiger partial charge in [0.2, 0.25) is 0 Å². The lowest BCUT2D eigenvalue weighted by atomic mass is 10.1. The molecule has 0 aromatic heterocycles. The second kappa shape index (κ2) is 11.4. The molecule has 0 aromatic rings. The molecule has 0 fully saturated rings. The van der Waals surface area contributed by atoms with Crippen LogP contribution in [0.1, 0.15) is 58.3 Å². The Morgan fingerprint density at radius 2 is 1.59 bits per heavy atom. The van der Waals surface area contributed by atoms with E-state index in [1.54, 1.807) is 0 Å². The molecule has 0 atom stereocenters. The van der Waals surface area contributed by atoms with Crippen LogP contribution in [0.25, 0.3) is 0 Å². The Morgan fingerprint density at radius 3 is 2.18 bits per heavy atom. The van der Waals surface area contributed by atoms with Crippen LogP contribution in [0.15, 0.2) is 12.2 Å². The van der Waals surface area contributed by atoms with Gasteiger partial charge in [-0.25, -0.2) is 0 Å². The van der Waals surface area contributed by atoms with Gasteiger partial charge in [-0.05, 0) is 37.5 Å². The number of unbranched alkanes of at least 4 members (excludes halogenated alkanes) is 6. The molecule has 0 aromatic carbocycles. The topological polar surface area (TPSA) is 49.7 Å². The highest BCUT2D eigenvalue weighted by atomic mass is 32.5. The van der Waals surface area contributed by atoms with Crippen LogP contribution in [-0.2, 0) is 16.3 Å². The first-order chi connectivity index (χ1) is 8.06. The Kier molecular flexibility index (Phi) is 11.5. The average molecular weight is 280 g/mol. The fourth-order valence-electron chi connectivity index (χ4n) is 1.54. The van der Waals surface area contributed by atoms with Gasteiger partial charge in [0.1, 0.15) is 0 Å². The van der Waals surface area contributed by atoms with Crippen LogP contribution in [0.5, 0.6) is 0 Å². The van der Waals surface area contributed by atoms with Gasteiger partial charge >= 0.3 is 6.72 Å². The molecular formula is C12H25O3PS. The second-order valence-corrected chi connectivity index (χ2v) is 6.78. The highest BCUT2D eigenvalue weighted by Gasteiger charge is 2.05. The highest BCUT2D eigenvalue weighted by Crippen LogP contribution is 2.36. The van der Waals surface area contributed by atoms with E-state index in [1.165, 1.54) is 32.1 Å². The van der Waals surface area contributed by atoms with Gasteiger partial charge in [-0.2, -0.15) is 0 Å². The number of allylic oxidation sites excluding steroid dienone is 2. The average Bonchev–Trinajstić information content (AvgIpc) is 2.24. The smallest absolute Gasteiger partial charge is 0.321 e. The summed E-state index contributed by atoms with van der Waals surface area (Å²) in [4.78, 5) is 17.6. The summed E-state index contributed by atoms with van der Waals surface area (Å²) in [6.07, 6.45) is 13.7. The van der Waals surface area contributed by atoms with Crippen molar-refractivity contribution in [2.75, 3.05) is 6.61 Å². The van der Waals surface area contributed by atoms with Gasteiger partial charge in [0.05, 0.1) is 6.61 Å². The van der Waals surface area contributed by atoms with Crippen LogP contribution in [0, 0.1) is 0 Å². The van der Waals surface area contributed by atoms with Crippen molar-refractivity contribution in [3.63, 3.8) is 0 Å². The normalized spacial score (nSPS) is 12.4. The molecule has 0 amide bonds. The molecule has 3 nitrogen and oxygen atoms in total. The summed E-state index contributed by atoms with van der Waals surface area (Å²) < 4.78 is 4.73. The predicted molar refractivity (Wildman–Crippen MR) is 76.4 cm³/mol. The van der Waals surface area contributed by atoms with Crippen molar-refractivity contribution in [2.24, 2.45) is 0 Å². The minimum absolute atomic E-state index is 0.365. The van der Waals surface area contributed by atoms with Crippen LogP contribution < -0.4 is 0 Å². The zero-order chi connectivity index (χ0) is 13.0. The van der Waals surface area contributed by atoms with Crippen LogP contribution in [0.2, 0.25) is 0 Å². The van der Waals surface area contributed by atoms with Crippen LogP contribution >= 0.6 is 6.72 Å². The first-order valence-corrected chi connectivity index (χ1v) is 9.04. The van der Waals surface area contributed by atoms with E-state index in [1.807, 2.05) is 0 Å². The highest BCUT2D eigenvalue weighted by molar-refractivity contribution is 8.06. The SMILES string of the molecule is CC/C=C\CCCCCCCCOP(O)(O)=S. The lowest BCUT2D eigenvalue weighted by Crippen LogP contribution is -1.91. The summed E-state index contributed by atoms with van der Waals surface area (Å²) in [5.74, 6) is 0. The Morgan fingerprint density at radius 1 is 1.00 bits per heavy atom.